The molecule has 0 radical (unpaired) electrons. The molecule has 5 rings (SSSR count). The number of nitrogen functional groups attached to an aromatic ring is 1. The van der Waals surface area contributed by atoms with Crippen molar-refractivity contribution in [1.82, 2.24) is 10.2 Å². The van der Waals surface area contributed by atoms with Gasteiger partial charge in [-0.2, -0.15) is 0 Å². The first-order chi connectivity index (χ1) is 14.5. The topological polar surface area (TPSA) is 115 Å². The molecule has 2 amide bonds. The molecule has 1 aliphatic heterocycles. The minimum absolute atomic E-state index is 0.0178. The van der Waals surface area contributed by atoms with Gasteiger partial charge in [-0.25, -0.2) is 0 Å². The van der Waals surface area contributed by atoms with Crippen LogP contribution in [0.4, 0.5) is 11.4 Å². The summed E-state index contributed by atoms with van der Waals surface area (Å²) in [4.78, 5) is 26.1. The predicted molar refractivity (Wildman–Crippen MR) is 115 cm³/mol. The zero-order chi connectivity index (χ0) is 20.8. The van der Waals surface area contributed by atoms with Crippen LogP contribution in [0.25, 0.3) is 22.0 Å². The summed E-state index contributed by atoms with van der Waals surface area (Å²) in [7, 11) is 0. The van der Waals surface area contributed by atoms with Crippen molar-refractivity contribution in [2.24, 2.45) is 5.73 Å². The summed E-state index contributed by atoms with van der Waals surface area (Å²) in [6.07, 6.45) is 0. The number of fused-ring (bicyclic) bond motifs is 2. The van der Waals surface area contributed by atoms with Gasteiger partial charge in [-0.15, -0.1) is 10.2 Å². The molecule has 1 aliphatic rings. The van der Waals surface area contributed by atoms with Gasteiger partial charge in [0.25, 0.3) is 11.8 Å². The average molecular weight is 395 g/mol. The van der Waals surface area contributed by atoms with Gasteiger partial charge < -0.3 is 16.4 Å². The number of para-hydroxylation sites is 1. The Labute approximate surface area is 171 Å². The summed E-state index contributed by atoms with van der Waals surface area (Å²) < 4.78 is 0. The molecule has 3 aromatic carbocycles. The maximum absolute atomic E-state index is 12.8. The molecule has 0 spiro atoms. The van der Waals surface area contributed by atoms with E-state index < -0.39 is 5.91 Å². The van der Waals surface area contributed by atoms with Crippen LogP contribution < -0.4 is 16.4 Å². The van der Waals surface area contributed by atoms with Gasteiger partial charge in [0, 0.05) is 22.2 Å². The van der Waals surface area contributed by atoms with Crippen molar-refractivity contribution in [3.63, 3.8) is 0 Å². The van der Waals surface area contributed by atoms with E-state index in [1.165, 1.54) is 0 Å². The molecule has 7 nitrogen and oxygen atoms in total. The van der Waals surface area contributed by atoms with Gasteiger partial charge in [0.15, 0.2) is 5.69 Å². The number of carbonyl (C=O) groups excluding carboxylic acids is 2. The maximum Gasteiger partial charge on any atom is 0.271 e. The van der Waals surface area contributed by atoms with Gasteiger partial charge in [-0.05, 0) is 35.4 Å². The largest absolute Gasteiger partial charge is 0.396 e. The van der Waals surface area contributed by atoms with E-state index in [4.69, 9.17) is 11.5 Å². The molecule has 4 aromatic rings. The number of amides is 2. The standard InChI is InChI=1S/C23H17N5O2/c24-19-18-8-4-7-16(20(18)26-27-21(19)22(25)29)13-9-10-17-14(11-13)12-28(23(17)30)15-5-2-1-3-6-15/h1-11H,12H2,(H2,24,26)(H2,25,29). The molecule has 30 heavy (non-hydrogen) atoms. The number of rotatable bonds is 3. The molecule has 0 aliphatic carbocycles. The minimum atomic E-state index is -0.718. The lowest BCUT2D eigenvalue weighted by molar-refractivity contribution is 0.0988. The molecule has 7 heteroatoms. The van der Waals surface area contributed by atoms with Gasteiger partial charge >= 0.3 is 0 Å². The fourth-order valence-corrected chi connectivity index (χ4v) is 3.87. The van der Waals surface area contributed by atoms with Crippen LogP contribution in [-0.4, -0.2) is 22.0 Å². The van der Waals surface area contributed by atoms with Crippen molar-refractivity contribution in [2.75, 3.05) is 10.6 Å². The first-order valence-electron chi connectivity index (χ1n) is 9.39. The van der Waals surface area contributed by atoms with E-state index in [-0.39, 0.29) is 17.3 Å². The van der Waals surface area contributed by atoms with Crippen LogP contribution in [0.15, 0.2) is 66.7 Å². The van der Waals surface area contributed by atoms with Crippen molar-refractivity contribution >= 4 is 34.1 Å². The van der Waals surface area contributed by atoms with Gasteiger partial charge in [-0.3, -0.25) is 9.59 Å². The highest BCUT2D eigenvalue weighted by Gasteiger charge is 2.28. The number of hydrogen-bond acceptors (Lipinski definition) is 5. The highest BCUT2D eigenvalue weighted by Crippen LogP contribution is 2.34. The van der Waals surface area contributed by atoms with Crippen LogP contribution in [0.3, 0.4) is 0 Å². The fraction of sp³-hybridized carbons (Fsp3) is 0.0435. The van der Waals surface area contributed by atoms with E-state index in [9.17, 15) is 9.59 Å². The minimum Gasteiger partial charge on any atom is -0.396 e. The molecule has 0 saturated heterocycles. The summed E-state index contributed by atoms with van der Waals surface area (Å²) >= 11 is 0. The quantitative estimate of drug-likeness (QED) is 0.553. The average Bonchev–Trinajstić information content (AvgIpc) is 3.10. The van der Waals surface area contributed by atoms with Crippen molar-refractivity contribution in [2.45, 2.75) is 6.54 Å². The summed E-state index contributed by atoms with van der Waals surface area (Å²) in [5.74, 6) is -0.736. The van der Waals surface area contributed by atoms with E-state index in [1.807, 2.05) is 60.7 Å². The van der Waals surface area contributed by atoms with Crippen molar-refractivity contribution in [3.05, 3.63) is 83.6 Å². The first kappa shape index (κ1) is 17.8. The van der Waals surface area contributed by atoms with E-state index in [0.717, 1.165) is 22.4 Å². The predicted octanol–water partition coefficient (Wildman–Crippen LogP) is 3.14. The summed E-state index contributed by atoms with van der Waals surface area (Å²) in [6, 6.07) is 20.8. The molecule has 0 unspecified atom stereocenters. The number of hydrogen-bond donors (Lipinski definition) is 2. The SMILES string of the molecule is NC(=O)c1nnc2c(-c3ccc4c(c3)CN(c3ccccc3)C4=O)cccc2c1N. The maximum atomic E-state index is 12.8. The molecular formula is C23H17N5O2. The molecule has 1 aromatic heterocycles. The number of aromatic nitrogens is 2. The van der Waals surface area contributed by atoms with E-state index in [2.05, 4.69) is 10.2 Å². The number of anilines is 2. The molecule has 0 saturated carbocycles. The van der Waals surface area contributed by atoms with Gasteiger partial charge in [0.1, 0.15) is 5.52 Å². The van der Waals surface area contributed by atoms with Gasteiger partial charge in [-0.1, -0.05) is 42.5 Å². The Bertz CT molecular complexity index is 1330. The van der Waals surface area contributed by atoms with Crippen LogP contribution in [0.5, 0.6) is 0 Å². The van der Waals surface area contributed by atoms with Gasteiger partial charge in [0.2, 0.25) is 0 Å². The molecular weight excluding hydrogens is 378 g/mol. The Balaban J connectivity index is 1.60. The lowest BCUT2D eigenvalue weighted by atomic mass is 9.98. The van der Waals surface area contributed by atoms with Crippen LogP contribution >= 0.6 is 0 Å². The van der Waals surface area contributed by atoms with Crippen molar-refractivity contribution in [1.29, 1.82) is 0 Å². The summed E-state index contributed by atoms with van der Waals surface area (Å²) in [5.41, 5.74) is 16.4. The Kier molecular flexibility index (Phi) is 3.96. The van der Waals surface area contributed by atoms with Crippen molar-refractivity contribution < 1.29 is 9.59 Å². The van der Waals surface area contributed by atoms with Crippen LogP contribution in [-0.2, 0) is 6.54 Å². The van der Waals surface area contributed by atoms with Crippen molar-refractivity contribution in [3.8, 4) is 11.1 Å². The van der Waals surface area contributed by atoms with E-state index in [1.54, 1.807) is 11.0 Å². The zero-order valence-electron chi connectivity index (χ0n) is 15.9. The fourth-order valence-electron chi connectivity index (χ4n) is 3.87. The zero-order valence-corrected chi connectivity index (χ0v) is 15.9. The van der Waals surface area contributed by atoms with Crippen LogP contribution in [0.2, 0.25) is 0 Å². The Hall–Kier alpha value is -4.26. The highest BCUT2D eigenvalue weighted by atomic mass is 16.2. The van der Waals surface area contributed by atoms with Crippen LogP contribution in [0, 0.1) is 0 Å². The third-order valence-corrected chi connectivity index (χ3v) is 5.35. The number of nitrogens with zero attached hydrogens (tertiary/aromatic N) is 3. The Morgan fingerprint density at radius 1 is 0.933 bits per heavy atom. The molecule has 0 fully saturated rings. The lowest BCUT2D eigenvalue weighted by Gasteiger charge is -2.15. The smallest absolute Gasteiger partial charge is 0.271 e. The molecule has 146 valence electrons. The highest BCUT2D eigenvalue weighted by molar-refractivity contribution is 6.11. The van der Waals surface area contributed by atoms with Crippen LogP contribution in [0.1, 0.15) is 26.4 Å². The number of primary amides is 1. The lowest BCUT2D eigenvalue weighted by Crippen LogP contribution is -2.22. The second kappa shape index (κ2) is 6.66. The summed E-state index contributed by atoms with van der Waals surface area (Å²) in [5, 5.41) is 8.73. The monoisotopic (exact) mass is 395 g/mol. The number of nitrogens with two attached hydrogens (primary N) is 2. The third-order valence-electron chi connectivity index (χ3n) is 5.35. The molecule has 0 bridgehead atoms. The molecule has 2 heterocycles. The second-order valence-electron chi connectivity index (χ2n) is 7.13. The van der Waals surface area contributed by atoms with E-state index in [0.29, 0.717) is 23.0 Å². The third kappa shape index (κ3) is 2.68. The normalized spacial score (nSPS) is 12.9. The van der Waals surface area contributed by atoms with E-state index >= 15 is 0 Å². The number of carbonyl (C=O) groups is 2. The Morgan fingerprint density at radius 2 is 1.73 bits per heavy atom. The second-order valence-corrected chi connectivity index (χ2v) is 7.13. The number of benzene rings is 3. The molecule has 0 atom stereocenters. The molecule has 4 N–H and O–H groups in total. The first-order valence-corrected chi connectivity index (χ1v) is 9.39. The Morgan fingerprint density at radius 3 is 2.50 bits per heavy atom. The summed E-state index contributed by atoms with van der Waals surface area (Å²) in [6.45, 7) is 0.496. The van der Waals surface area contributed by atoms with Gasteiger partial charge in [0.05, 0.1) is 12.2 Å².